The lowest BCUT2D eigenvalue weighted by atomic mass is 10.1. The average Bonchev–Trinajstić information content (AvgIpc) is 3.42. The summed E-state index contributed by atoms with van der Waals surface area (Å²) in [4.78, 5) is 14.6. The molecular formula is C21H24ClN5O2S. The molecule has 1 N–H and O–H groups in total. The van der Waals surface area contributed by atoms with E-state index in [0.29, 0.717) is 23.3 Å². The van der Waals surface area contributed by atoms with Crippen molar-refractivity contribution in [1.29, 1.82) is 0 Å². The maximum absolute atomic E-state index is 12.4. The molecular weight excluding hydrogens is 422 g/mol. The fraction of sp³-hybridized carbons (Fsp3) is 0.381. The Labute approximate surface area is 184 Å². The van der Waals surface area contributed by atoms with Gasteiger partial charge in [-0.05, 0) is 49.1 Å². The predicted molar refractivity (Wildman–Crippen MR) is 118 cm³/mol. The van der Waals surface area contributed by atoms with Gasteiger partial charge in [0, 0.05) is 24.7 Å². The molecule has 158 valence electrons. The van der Waals surface area contributed by atoms with Crippen molar-refractivity contribution in [2.24, 2.45) is 0 Å². The highest BCUT2D eigenvalue weighted by Crippen LogP contribution is 2.25. The van der Waals surface area contributed by atoms with Gasteiger partial charge in [-0.25, -0.2) is 0 Å². The summed E-state index contributed by atoms with van der Waals surface area (Å²) in [5.74, 6) is 1.87. The third-order valence-electron chi connectivity index (χ3n) is 4.94. The maximum Gasteiger partial charge on any atom is 0.230 e. The van der Waals surface area contributed by atoms with Gasteiger partial charge in [-0.15, -0.1) is 10.2 Å². The van der Waals surface area contributed by atoms with Crippen LogP contribution in [0, 0.1) is 0 Å². The molecule has 0 bridgehead atoms. The summed E-state index contributed by atoms with van der Waals surface area (Å²) in [6.07, 6.45) is 5.22. The van der Waals surface area contributed by atoms with Gasteiger partial charge in [0.25, 0.3) is 0 Å². The Hall–Kier alpha value is -2.45. The number of aromatic nitrogens is 3. The number of halogens is 1. The minimum atomic E-state index is -0.0629. The number of piperidine rings is 1. The Morgan fingerprint density at radius 2 is 2.03 bits per heavy atom. The van der Waals surface area contributed by atoms with Crippen LogP contribution in [0.25, 0.3) is 0 Å². The Balaban J connectivity index is 1.41. The molecule has 3 heterocycles. The molecule has 2 aromatic heterocycles. The van der Waals surface area contributed by atoms with Crippen LogP contribution in [0.15, 0.2) is 52.2 Å². The van der Waals surface area contributed by atoms with Crippen LogP contribution in [0.5, 0.6) is 0 Å². The number of nitrogens with one attached hydrogen (secondary N) is 1. The lowest BCUT2D eigenvalue weighted by Gasteiger charge is -2.27. The van der Waals surface area contributed by atoms with Crippen LogP contribution in [0.1, 0.15) is 30.6 Å². The van der Waals surface area contributed by atoms with E-state index < -0.39 is 0 Å². The monoisotopic (exact) mass is 445 g/mol. The zero-order chi connectivity index (χ0) is 20.8. The summed E-state index contributed by atoms with van der Waals surface area (Å²) in [5, 5.41) is 13.1. The Kier molecular flexibility index (Phi) is 6.96. The standard InChI is InChI=1S/C21H24ClN5O2S/c22-17-7-4-6-16(12-17)13-23-19(28)15-30-21-25-24-20(26-9-2-1-3-10-26)27(21)14-18-8-5-11-29-18/h4-8,11-12H,1-3,9-10,13-15H2,(H,23,28). The first-order valence-electron chi connectivity index (χ1n) is 10.0. The minimum absolute atomic E-state index is 0.0629. The van der Waals surface area contributed by atoms with Crippen LogP contribution in [0.3, 0.4) is 0 Å². The summed E-state index contributed by atoms with van der Waals surface area (Å²) >= 11 is 7.38. The van der Waals surface area contributed by atoms with Gasteiger partial charge in [0.05, 0.1) is 18.6 Å². The SMILES string of the molecule is O=C(CSc1nnc(N2CCCCC2)n1Cc1ccco1)NCc1cccc(Cl)c1. The Morgan fingerprint density at radius 3 is 2.80 bits per heavy atom. The number of anilines is 1. The van der Waals surface area contributed by atoms with Crippen LogP contribution < -0.4 is 10.2 Å². The molecule has 1 fully saturated rings. The van der Waals surface area contributed by atoms with Crippen molar-refractivity contribution < 1.29 is 9.21 Å². The van der Waals surface area contributed by atoms with Crippen molar-refractivity contribution in [3.05, 3.63) is 59.0 Å². The minimum Gasteiger partial charge on any atom is -0.467 e. The van der Waals surface area contributed by atoms with Gasteiger partial charge in [0.2, 0.25) is 11.9 Å². The molecule has 9 heteroatoms. The maximum atomic E-state index is 12.4. The van der Waals surface area contributed by atoms with Gasteiger partial charge in [-0.1, -0.05) is 35.5 Å². The number of nitrogens with zero attached hydrogens (tertiary/aromatic N) is 4. The fourth-order valence-corrected chi connectivity index (χ4v) is 4.42. The number of rotatable bonds is 8. The lowest BCUT2D eigenvalue weighted by Crippen LogP contribution is -2.32. The number of benzene rings is 1. The third kappa shape index (κ3) is 5.37. The topological polar surface area (TPSA) is 76.2 Å². The molecule has 1 amide bonds. The van der Waals surface area contributed by atoms with Crippen molar-refractivity contribution in [3.8, 4) is 0 Å². The van der Waals surface area contributed by atoms with Crippen molar-refractivity contribution in [3.63, 3.8) is 0 Å². The Morgan fingerprint density at radius 1 is 1.17 bits per heavy atom. The summed E-state index contributed by atoms with van der Waals surface area (Å²) < 4.78 is 7.57. The normalized spacial score (nSPS) is 14.1. The van der Waals surface area contributed by atoms with Gasteiger partial charge in [0.1, 0.15) is 5.76 Å². The van der Waals surface area contributed by atoms with Crippen LogP contribution >= 0.6 is 23.4 Å². The molecule has 4 rings (SSSR count). The summed E-state index contributed by atoms with van der Waals surface area (Å²) in [6.45, 7) is 2.93. The number of carbonyl (C=O) groups excluding carboxylic acids is 1. The smallest absolute Gasteiger partial charge is 0.230 e. The summed E-state index contributed by atoms with van der Waals surface area (Å²) in [7, 11) is 0. The van der Waals surface area contributed by atoms with Crippen LogP contribution in [0.2, 0.25) is 5.02 Å². The van der Waals surface area contributed by atoms with E-state index in [-0.39, 0.29) is 11.7 Å². The molecule has 0 unspecified atom stereocenters. The molecule has 0 radical (unpaired) electrons. The van der Waals surface area contributed by atoms with Crippen molar-refractivity contribution >= 4 is 35.2 Å². The highest BCUT2D eigenvalue weighted by atomic mass is 35.5. The molecule has 1 aromatic carbocycles. The van der Waals surface area contributed by atoms with E-state index in [4.69, 9.17) is 16.0 Å². The zero-order valence-corrected chi connectivity index (χ0v) is 18.2. The number of amides is 1. The second-order valence-corrected chi connectivity index (χ2v) is 8.57. The first kappa shape index (κ1) is 20.8. The zero-order valence-electron chi connectivity index (χ0n) is 16.6. The molecule has 0 saturated carbocycles. The molecule has 1 aliphatic rings. The Bertz CT molecular complexity index is 970. The van der Waals surface area contributed by atoms with Crippen LogP contribution in [0.4, 0.5) is 5.95 Å². The van der Waals surface area contributed by atoms with E-state index in [1.54, 1.807) is 6.26 Å². The molecule has 1 saturated heterocycles. The van der Waals surface area contributed by atoms with Gasteiger partial charge in [-0.2, -0.15) is 0 Å². The largest absolute Gasteiger partial charge is 0.467 e. The molecule has 3 aromatic rings. The number of carbonyl (C=O) groups is 1. The van der Waals surface area contributed by atoms with E-state index in [9.17, 15) is 4.79 Å². The number of furan rings is 1. The third-order valence-corrected chi connectivity index (χ3v) is 6.14. The molecule has 0 spiro atoms. The molecule has 30 heavy (non-hydrogen) atoms. The fourth-order valence-electron chi connectivity index (χ4n) is 3.44. The van der Waals surface area contributed by atoms with Crippen LogP contribution in [-0.4, -0.2) is 39.5 Å². The average molecular weight is 446 g/mol. The highest BCUT2D eigenvalue weighted by Gasteiger charge is 2.21. The first-order valence-corrected chi connectivity index (χ1v) is 11.4. The van der Waals surface area contributed by atoms with E-state index in [1.807, 2.05) is 41.0 Å². The highest BCUT2D eigenvalue weighted by molar-refractivity contribution is 7.99. The second kappa shape index (κ2) is 10.0. The predicted octanol–water partition coefficient (Wildman–Crippen LogP) is 3.97. The van der Waals surface area contributed by atoms with Crippen LogP contribution in [-0.2, 0) is 17.9 Å². The number of hydrogen-bond donors (Lipinski definition) is 1. The second-order valence-electron chi connectivity index (χ2n) is 7.19. The van der Waals surface area contributed by atoms with Gasteiger partial charge < -0.3 is 14.6 Å². The van der Waals surface area contributed by atoms with Gasteiger partial charge >= 0.3 is 0 Å². The van der Waals surface area contributed by atoms with E-state index in [1.165, 1.54) is 18.2 Å². The first-order chi connectivity index (χ1) is 14.7. The van der Waals surface area contributed by atoms with Crippen molar-refractivity contribution in [2.75, 3.05) is 23.7 Å². The van der Waals surface area contributed by atoms with Crippen molar-refractivity contribution in [2.45, 2.75) is 37.5 Å². The molecule has 1 aliphatic heterocycles. The molecule has 0 aliphatic carbocycles. The summed E-state index contributed by atoms with van der Waals surface area (Å²) in [6, 6.07) is 11.3. The van der Waals surface area contributed by atoms with Crippen molar-refractivity contribution in [1.82, 2.24) is 20.1 Å². The van der Waals surface area contributed by atoms with E-state index >= 15 is 0 Å². The number of hydrogen-bond acceptors (Lipinski definition) is 6. The van der Waals surface area contributed by atoms with Gasteiger partial charge in [0.15, 0.2) is 5.16 Å². The van der Waals surface area contributed by atoms with E-state index in [0.717, 1.165) is 43.2 Å². The molecule has 0 atom stereocenters. The van der Waals surface area contributed by atoms with Gasteiger partial charge in [-0.3, -0.25) is 9.36 Å². The van der Waals surface area contributed by atoms with E-state index in [2.05, 4.69) is 20.4 Å². The molecule has 7 nitrogen and oxygen atoms in total. The quantitative estimate of drug-likeness (QED) is 0.528. The summed E-state index contributed by atoms with van der Waals surface area (Å²) in [5.41, 5.74) is 0.967. The number of thioether (sulfide) groups is 1. The lowest BCUT2D eigenvalue weighted by molar-refractivity contribution is -0.118.